The van der Waals surface area contributed by atoms with Crippen LogP contribution in [0, 0.1) is 0 Å². The fourth-order valence-corrected chi connectivity index (χ4v) is 1.91. The first-order valence-corrected chi connectivity index (χ1v) is 6.28. The number of anilines is 1. The Balaban J connectivity index is 2.15. The van der Waals surface area contributed by atoms with Crippen molar-refractivity contribution in [3.05, 3.63) is 11.4 Å². The summed E-state index contributed by atoms with van der Waals surface area (Å²) in [7, 11) is 1.29. The maximum atomic E-state index is 12.3. The van der Waals surface area contributed by atoms with Crippen LogP contribution in [0.4, 0.5) is 5.69 Å². The molecule has 1 aliphatic rings. The predicted molar refractivity (Wildman–Crippen MR) is 68.6 cm³/mol. The van der Waals surface area contributed by atoms with Crippen molar-refractivity contribution in [3.8, 4) is 0 Å². The van der Waals surface area contributed by atoms with Crippen molar-refractivity contribution in [1.29, 1.82) is 0 Å². The van der Waals surface area contributed by atoms with E-state index in [1.54, 1.807) is 6.92 Å². The lowest BCUT2D eigenvalue weighted by Gasteiger charge is -2.18. The third-order valence-electron chi connectivity index (χ3n) is 3.24. The minimum absolute atomic E-state index is 0.100. The van der Waals surface area contributed by atoms with Crippen LogP contribution in [0.25, 0.3) is 0 Å². The fraction of sp³-hybridized carbons (Fsp3) is 0.583. The molecule has 1 aromatic heterocycles. The van der Waals surface area contributed by atoms with Gasteiger partial charge in [-0.1, -0.05) is 0 Å². The van der Waals surface area contributed by atoms with Crippen LogP contribution in [0.5, 0.6) is 0 Å². The van der Waals surface area contributed by atoms with Crippen LogP contribution in [-0.4, -0.2) is 47.2 Å². The van der Waals surface area contributed by atoms with E-state index in [1.165, 1.54) is 12.0 Å². The summed E-state index contributed by atoms with van der Waals surface area (Å²) in [5, 5.41) is 6.81. The molecule has 7 nitrogen and oxygen atoms in total. The number of nitrogens with zero attached hydrogens (tertiary/aromatic N) is 2. The Labute approximate surface area is 111 Å². The third-order valence-corrected chi connectivity index (χ3v) is 3.24. The van der Waals surface area contributed by atoms with Gasteiger partial charge in [0.25, 0.3) is 5.91 Å². The number of H-pyrrole nitrogens is 1. The summed E-state index contributed by atoms with van der Waals surface area (Å²) < 4.78 is 4.56. The highest BCUT2D eigenvalue weighted by atomic mass is 16.5. The molecular weight excluding hydrogens is 248 g/mol. The summed E-state index contributed by atoms with van der Waals surface area (Å²) >= 11 is 0. The van der Waals surface area contributed by atoms with Crippen molar-refractivity contribution >= 4 is 17.6 Å². The predicted octanol–water partition coefficient (Wildman–Crippen LogP) is 0.504. The number of nitrogens with two attached hydrogens (primary N) is 1. The lowest BCUT2D eigenvalue weighted by atomic mass is 10.2. The number of methoxy groups -OCH3 is 1. The Hall–Kier alpha value is -2.05. The number of esters is 1. The minimum Gasteiger partial charge on any atom is -0.468 e. The van der Waals surface area contributed by atoms with Gasteiger partial charge in [0.1, 0.15) is 6.54 Å². The average molecular weight is 266 g/mol. The van der Waals surface area contributed by atoms with Gasteiger partial charge in [0.15, 0.2) is 5.69 Å². The zero-order valence-corrected chi connectivity index (χ0v) is 11.1. The van der Waals surface area contributed by atoms with Crippen LogP contribution in [0.1, 0.15) is 41.9 Å². The van der Waals surface area contributed by atoms with Crippen LogP contribution in [0.3, 0.4) is 0 Å². The van der Waals surface area contributed by atoms with Gasteiger partial charge < -0.3 is 15.4 Å². The first-order valence-electron chi connectivity index (χ1n) is 6.28. The summed E-state index contributed by atoms with van der Waals surface area (Å²) in [6, 6.07) is 0. The summed E-state index contributed by atoms with van der Waals surface area (Å²) in [6.07, 6.45) is 2.14. The van der Waals surface area contributed by atoms with Gasteiger partial charge in [-0.2, -0.15) is 5.10 Å². The number of carbonyl (C=O) groups is 2. The SMILES string of the molecule is CCN(CC(=O)OC)C(=O)c1n[nH]c(C2CC2)c1N. The number of rotatable bonds is 5. The van der Waals surface area contributed by atoms with E-state index in [9.17, 15) is 9.59 Å². The molecule has 1 amide bonds. The van der Waals surface area contributed by atoms with Gasteiger partial charge in [0.2, 0.25) is 0 Å². The number of hydrogen-bond acceptors (Lipinski definition) is 5. The highest BCUT2D eigenvalue weighted by Gasteiger charge is 2.31. The summed E-state index contributed by atoms with van der Waals surface area (Å²) in [5.41, 5.74) is 7.36. The van der Waals surface area contributed by atoms with E-state index in [0.717, 1.165) is 18.5 Å². The molecule has 3 N–H and O–H groups in total. The molecule has 0 unspecified atom stereocenters. The van der Waals surface area contributed by atoms with E-state index >= 15 is 0 Å². The minimum atomic E-state index is -0.466. The number of hydrogen-bond donors (Lipinski definition) is 2. The number of aromatic nitrogens is 2. The Morgan fingerprint density at radius 3 is 2.74 bits per heavy atom. The summed E-state index contributed by atoms with van der Waals surface area (Å²) in [6.45, 7) is 2.07. The zero-order chi connectivity index (χ0) is 14.0. The largest absolute Gasteiger partial charge is 0.468 e. The van der Waals surface area contributed by atoms with Crippen LogP contribution < -0.4 is 5.73 Å². The summed E-state index contributed by atoms with van der Waals surface area (Å²) in [4.78, 5) is 24.9. The number of nitrogen functional groups attached to an aromatic ring is 1. The highest BCUT2D eigenvalue weighted by molar-refractivity contribution is 5.99. The lowest BCUT2D eigenvalue weighted by Crippen LogP contribution is -2.36. The molecule has 0 atom stereocenters. The first kappa shape index (κ1) is 13.4. The van der Waals surface area contributed by atoms with Crippen LogP contribution >= 0.6 is 0 Å². The number of ether oxygens (including phenoxy) is 1. The molecule has 1 heterocycles. The van der Waals surface area contributed by atoms with Gasteiger partial charge in [-0.3, -0.25) is 14.7 Å². The Morgan fingerprint density at radius 2 is 2.21 bits per heavy atom. The average Bonchev–Trinajstić information content (AvgIpc) is 3.18. The summed E-state index contributed by atoms with van der Waals surface area (Å²) in [5.74, 6) is -0.426. The van der Waals surface area contributed by atoms with E-state index in [4.69, 9.17) is 5.73 Å². The Kier molecular flexibility index (Phi) is 3.73. The molecule has 1 aromatic rings. The highest BCUT2D eigenvalue weighted by Crippen LogP contribution is 2.42. The van der Waals surface area contributed by atoms with E-state index in [2.05, 4.69) is 14.9 Å². The van der Waals surface area contributed by atoms with Gasteiger partial charge in [-0.05, 0) is 19.8 Å². The second-order valence-corrected chi connectivity index (χ2v) is 4.57. The molecule has 19 heavy (non-hydrogen) atoms. The van der Waals surface area contributed by atoms with Crippen molar-refractivity contribution in [2.75, 3.05) is 25.9 Å². The van der Waals surface area contributed by atoms with Crippen LogP contribution in [0.2, 0.25) is 0 Å². The van der Waals surface area contributed by atoms with Crippen molar-refractivity contribution < 1.29 is 14.3 Å². The van der Waals surface area contributed by atoms with Gasteiger partial charge >= 0.3 is 5.97 Å². The molecule has 1 fully saturated rings. The molecule has 0 spiro atoms. The second kappa shape index (κ2) is 5.29. The molecule has 0 saturated heterocycles. The number of carbonyl (C=O) groups excluding carboxylic acids is 2. The molecule has 0 aromatic carbocycles. The lowest BCUT2D eigenvalue weighted by molar-refractivity contribution is -0.141. The van der Waals surface area contributed by atoms with E-state index in [0.29, 0.717) is 18.2 Å². The number of amides is 1. The Bertz CT molecular complexity index is 493. The molecule has 0 bridgehead atoms. The smallest absolute Gasteiger partial charge is 0.325 e. The van der Waals surface area contributed by atoms with E-state index < -0.39 is 5.97 Å². The standard InChI is InChI=1S/C12H18N4O3/c1-3-16(6-8(17)19-2)12(18)11-9(13)10(14-15-11)7-4-5-7/h7H,3-6,13H2,1-2H3,(H,14,15). The van der Waals surface area contributed by atoms with E-state index in [1.807, 2.05) is 0 Å². The van der Waals surface area contributed by atoms with Crippen molar-refractivity contribution in [1.82, 2.24) is 15.1 Å². The van der Waals surface area contributed by atoms with Crippen molar-refractivity contribution in [2.45, 2.75) is 25.7 Å². The topological polar surface area (TPSA) is 101 Å². The number of aromatic amines is 1. The maximum Gasteiger partial charge on any atom is 0.325 e. The van der Waals surface area contributed by atoms with Gasteiger partial charge in [-0.25, -0.2) is 0 Å². The molecule has 0 aliphatic heterocycles. The molecule has 1 saturated carbocycles. The molecular formula is C12H18N4O3. The quantitative estimate of drug-likeness (QED) is 0.756. The second-order valence-electron chi connectivity index (χ2n) is 4.57. The maximum absolute atomic E-state index is 12.3. The number of likely N-dealkylation sites (N-methyl/N-ethyl adjacent to an activating group) is 1. The van der Waals surface area contributed by atoms with Crippen molar-refractivity contribution in [3.63, 3.8) is 0 Å². The van der Waals surface area contributed by atoms with Crippen LogP contribution in [-0.2, 0) is 9.53 Å². The Morgan fingerprint density at radius 1 is 1.53 bits per heavy atom. The van der Waals surface area contributed by atoms with Crippen molar-refractivity contribution in [2.24, 2.45) is 0 Å². The first-order chi connectivity index (χ1) is 9.08. The molecule has 2 rings (SSSR count). The van der Waals surface area contributed by atoms with Gasteiger partial charge in [0.05, 0.1) is 18.5 Å². The normalized spacial score (nSPS) is 14.2. The van der Waals surface area contributed by atoms with Crippen LogP contribution in [0.15, 0.2) is 0 Å². The fourth-order valence-electron chi connectivity index (χ4n) is 1.91. The van der Waals surface area contributed by atoms with Gasteiger partial charge in [-0.15, -0.1) is 0 Å². The monoisotopic (exact) mass is 266 g/mol. The molecule has 104 valence electrons. The molecule has 0 radical (unpaired) electrons. The van der Waals surface area contributed by atoms with E-state index in [-0.39, 0.29) is 18.1 Å². The third kappa shape index (κ3) is 2.69. The van der Waals surface area contributed by atoms with Gasteiger partial charge in [0, 0.05) is 12.5 Å². The molecule has 7 heteroatoms. The number of nitrogens with one attached hydrogen (secondary N) is 1. The molecule has 1 aliphatic carbocycles. The zero-order valence-electron chi connectivity index (χ0n) is 11.1.